The van der Waals surface area contributed by atoms with Crippen molar-refractivity contribution in [3.05, 3.63) is 55.0 Å². The number of carbonyl (C=O) groups is 4. The van der Waals surface area contributed by atoms with E-state index in [1.54, 1.807) is 56.5 Å². The first kappa shape index (κ1) is 52.5. The number of aryl methyl sites for hydroxylation is 1. The van der Waals surface area contributed by atoms with Crippen molar-refractivity contribution in [2.45, 2.75) is 180 Å². The molecule has 3 aliphatic heterocycles. The molecule has 3 aliphatic rings. The summed E-state index contributed by atoms with van der Waals surface area (Å²) >= 11 is 0. The molecule has 2 amide bonds. The topological polar surface area (TPSA) is 207 Å². The van der Waals surface area contributed by atoms with Gasteiger partial charge in [0.2, 0.25) is 0 Å². The van der Waals surface area contributed by atoms with Crippen LogP contribution in [0, 0.1) is 17.8 Å². The zero-order chi connectivity index (χ0) is 49.7. The lowest BCUT2D eigenvalue weighted by Gasteiger charge is -2.46. The van der Waals surface area contributed by atoms with Crippen LogP contribution in [0.2, 0.25) is 0 Å². The molecule has 2 unspecified atom stereocenters. The van der Waals surface area contributed by atoms with Crippen molar-refractivity contribution in [2.24, 2.45) is 17.8 Å². The van der Waals surface area contributed by atoms with Gasteiger partial charge in [0.15, 0.2) is 17.7 Å². The van der Waals surface area contributed by atoms with E-state index in [0.717, 1.165) is 5.56 Å². The Morgan fingerprint density at radius 2 is 1.74 bits per heavy atom. The van der Waals surface area contributed by atoms with Crippen LogP contribution in [0.15, 0.2) is 55.0 Å². The third kappa shape index (κ3) is 12.1. The van der Waals surface area contributed by atoms with Crippen molar-refractivity contribution in [2.75, 3.05) is 25.5 Å². The summed E-state index contributed by atoms with van der Waals surface area (Å²) in [6.45, 7) is 21.6. The molecule has 3 fully saturated rings. The van der Waals surface area contributed by atoms with Crippen LogP contribution in [0.3, 0.4) is 0 Å². The van der Waals surface area contributed by atoms with Gasteiger partial charge in [-0.3, -0.25) is 24.5 Å². The molecule has 18 nitrogen and oxygen atoms in total. The molecule has 1 aromatic carbocycles. The van der Waals surface area contributed by atoms with Crippen LogP contribution in [-0.2, 0) is 44.6 Å². The summed E-state index contributed by atoms with van der Waals surface area (Å²) < 4.78 is 40.8. The molecule has 5 heterocycles. The van der Waals surface area contributed by atoms with Crippen molar-refractivity contribution in [3.8, 4) is 11.3 Å². The van der Waals surface area contributed by atoms with E-state index in [0.29, 0.717) is 63.1 Å². The highest BCUT2D eigenvalue weighted by Crippen LogP contribution is 2.41. The molecule has 0 radical (unpaired) electrons. The molecule has 13 atom stereocenters. The lowest BCUT2D eigenvalue weighted by atomic mass is 9.78. The van der Waals surface area contributed by atoms with Gasteiger partial charge in [-0.05, 0) is 124 Å². The van der Waals surface area contributed by atoms with Gasteiger partial charge in [0.25, 0.3) is 0 Å². The lowest BCUT2D eigenvalue weighted by molar-refractivity contribution is -0.294. The Morgan fingerprint density at radius 1 is 1.03 bits per heavy atom. The number of aliphatic hydroxyl groups is 1. The highest BCUT2D eigenvalue weighted by atomic mass is 16.7. The Bertz CT molecular complexity index is 2180. The van der Waals surface area contributed by atoms with Crippen LogP contribution >= 0.6 is 0 Å². The van der Waals surface area contributed by atoms with Crippen molar-refractivity contribution >= 4 is 29.6 Å². The maximum Gasteiger partial charge on any atom is 0.412 e. The Morgan fingerprint density at radius 3 is 2.41 bits per heavy atom. The maximum absolute atomic E-state index is 14.5. The van der Waals surface area contributed by atoms with Crippen LogP contribution < -0.4 is 10.6 Å². The fraction of sp³-hybridized carbons (Fsp3) is 0.680. The van der Waals surface area contributed by atoms with Gasteiger partial charge >= 0.3 is 18.2 Å². The van der Waals surface area contributed by atoms with Crippen molar-refractivity contribution in [3.63, 3.8) is 0 Å². The maximum atomic E-state index is 14.5. The predicted octanol–water partition coefficient (Wildman–Crippen LogP) is 7.16. The number of amides is 2. The van der Waals surface area contributed by atoms with E-state index in [1.165, 1.54) is 6.92 Å². The fourth-order valence-corrected chi connectivity index (χ4v) is 10.3. The molecule has 3 saturated heterocycles. The zero-order valence-electron chi connectivity index (χ0n) is 42.0. The van der Waals surface area contributed by atoms with Gasteiger partial charge < -0.3 is 43.4 Å². The molecule has 68 heavy (non-hydrogen) atoms. The molecule has 0 saturated carbocycles. The minimum absolute atomic E-state index is 0.0454. The Labute approximate surface area is 401 Å². The first-order valence-electron chi connectivity index (χ1n) is 24.2. The van der Waals surface area contributed by atoms with Crippen molar-refractivity contribution in [1.82, 2.24) is 29.8 Å². The van der Waals surface area contributed by atoms with Crippen LogP contribution in [-0.4, -0.2) is 133 Å². The summed E-state index contributed by atoms with van der Waals surface area (Å²) in [6, 6.07) is 9.87. The van der Waals surface area contributed by atoms with E-state index in [9.17, 15) is 24.3 Å². The van der Waals surface area contributed by atoms with Crippen LogP contribution in [0.1, 0.15) is 114 Å². The summed E-state index contributed by atoms with van der Waals surface area (Å²) in [4.78, 5) is 56.7. The summed E-state index contributed by atoms with van der Waals surface area (Å²) in [6.07, 6.45) is 2.92. The van der Waals surface area contributed by atoms with E-state index in [-0.39, 0.29) is 24.1 Å². The van der Waals surface area contributed by atoms with Crippen molar-refractivity contribution < 1.29 is 52.7 Å². The van der Waals surface area contributed by atoms with Crippen LogP contribution in [0.5, 0.6) is 0 Å². The minimum atomic E-state index is -1.27. The monoisotopic (exact) mass is 950 g/mol. The number of hydrogen-bond acceptors (Lipinski definition) is 14. The van der Waals surface area contributed by atoms with E-state index >= 15 is 0 Å². The minimum Gasteiger partial charge on any atom is -0.458 e. The summed E-state index contributed by atoms with van der Waals surface area (Å²) in [5, 5.41) is 26.8. The van der Waals surface area contributed by atoms with Crippen LogP contribution in [0.25, 0.3) is 11.3 Å². The number of unbranched alkanes of at least 4 members (excludes halogenated alkanes) is 1. The number of benzene rings is 1. The highest BCUT2D eigenvalue weighted by Gasteiger charge is 2.58. The third-order valence-electron chi connectivity index (χ3n) is 13.8. The van der Waals surface area contributed by atoms with E-state index in [2.05, 4.69) is 27.9 Å². The van der Waals surface area contributed by atoms with E-state index < -0.39 is 83.2 Å². The molecule has 6 rings (SSSR count). The second-order valence-corrected chi connectivity index (χ2v) is 20.5. The number of aliphatic hydroxyl groups excluding tert-OH is 1. The highest BCUT2D eigenvalue weighted by molar-refractivity contribution is 6.00. The Kier molecular flexibility index (Phi) is 16.8. The molecule has 376 valence electrons. The molecule has 0 bridgehead atoms. The number of Topliss-reactive ketones (excluding diaryl/α,β-unsaturated/α-hetero) is 1. The van der Waals surface area contributed by atoms with E-state index in [4.69, 9.17) is 28.4 Å². The SMILES string of the molecule is CC[C@H]1OC(=O)[C@H](C)C(=O)[C@H](C)[C@@H](O[C@@H]2O[C@H](C)CC(n3cccc3)C2O)[C@](C)(OC)C[C@@H](C)CN[C@H](C)[C@H]2N(CCCCn3cc(-c4cccc(NC(=O)OC(C)(C)C)c4)nn3)C(=O)O[C@]12C. The largest absolute Gasteiger partial charge is 0.458 e. The number of cyclic esters (lactones) is 1. The number of nitrogens with zero attached hydrogens (tertiary/aromatic N) is 5. The number of ketones is 1. The molecule has 0 aliphatic carbocycles. The molecule has 2 aromatic heterocycles. The summed E-state index contributed by atoms with van der Waals surface area (Å²) in [7, 11) is 1.58. The van der Waals surface area contributed by atoms with Gasteiger partial charge in [-0.1, -0.05) is 38.1 Å². The molecule has 3 N–H and O–H groups in total. The number of nitrogens with one attached hydrogen (secondary N) is 2. The van der Waals surface area contributed by atoms with Gasteiger partial charge in [-0.15, -0.1) is 5.10 Å². The van der Waals surface area contributed by atoms with Gasteiger partial charge in [-0.2, -0.15) is 0 Å². The summed E-state index contributed by atoms with van der Waals surface area (Å²) in [5.41, 5.74) is -1.01. The first-order valence-corrected chi connectivity index (χ1v) is 24.2. The van der Waals surface area contributed by atoms with Gasteiger partial charge in [0.1, 0.15) is 29.4 Å². The predicted molar refractivity (Wildman–Crippen MR) is 253 cm³/mol. The van der Waals surface area contributed by atoms with Gasteiger partial charge in [0.05, 0.1) is 36.1 Å². The molecule has 3 aromatic rings. The molecular weight excluding hydrogens is 875 g/mol. The Balaban J connectivity index is 1.17. The second kappa shape index (κ2) is 21.8. The average Bonchev–Trinajstić information content (AvgIpc) is 4.05. The van der Waals surface area contributed by atoms with Crippen molar-refractivity contribution in [1.29, 1.82) is 0 Å². The average molecular weight is 950 g/mol. The smallest absolute Gasteiger partial charge is 0.412 e. The number of rotatable bonds is 12. The molecular formula is C50H75N7O11. The zero-order valence-corrected chi connectivity index (χ0v) is 42.0. The number of aromatic nitrogens is 4. The second-order valence-electron chi connectivity index (χ2n) is 20.5. The van der Waals surface area contributed by atoms with E-state index in [1.807, 2.05) is 82.0 Å². The quantitative estimate of drug-likeness (QED) is 0.0713. The number of carbonyl (C=O) groups excluding carboxylic acids is 4. The molecule has 0 spiro atoms. The third-order valence-corrected chi connectivity index (χ3v) is 13.8. The normalized spacial score (nSPS) is 33.2. The number of methoxy groups -OCH3 is 1. The Hall–Kier alpha value is -4.88. The number of anilines is 1. The summed E-state index contributed by atoms with van der Waals surface area (Å²) in [5.74, 6) is -3.30. The molecule has 18 heteroatoms. The number of ether oxygens (including phenoxy) is 6. The number of hydrogen-bond donors (Lipinski definition) is 3. The number of esters is 1. The van der Waals surface area contributed by atoms with Gasteiger partial charge in [-0.25, -0.2) is 9.59 Å². The standard InChI is InChI=1S/C50H75N7O11/c1-13-39-50(11)42(57(47(62)68-50)24-17-16-23-56-29-37(53-54-56)35-19-18-20-36(26-35)52-46(61)67-48(7,8)9)34(6)51-28-30(2)27-49(10,63-12)43(32(4)40(58)33(5)44(60)65-39)66-45-41(59)38(25-31(3)64-45)55-21-14-15-22-55/h14-15,18-22,26,29-34,38-39,41-43,45,51,59H,13,16-17,23-25,27-28H2,1-12H3,(H,52,61)/t30-,31-,32+,33-,34-,38?,39-,41?,42-,43-,45+,49-,50-/m1/s1. The first-order chi connectivity index (χ1) is 32.1. The lowest BCUT2D eigenvalue weighted by Crippen LogP contribution is -2.61. The number of fused-ring (bicyclic) bond motifs is 1. The van der Waals surface area contributed by atoms with Crippen LogP contribution in [0.4, 0.5) is 15.3 Å². The van der Waals surface area contributed by atoms with Gasteiger partial charge in [0, 0.05) is 55.8 Å². The fourth-order valence-electron chi connectivity index (χ4n) is 10.3.